The van der Waals surface area contributed by atoms with Crippen molar-refractivity contribution in [1.82, 2.24) is 9.78 Å². The summed E-state index contributed by atoms with van der Waals surface area (Å²) in [5.41, 5.74) is -0.385. The van der Waals surface area contributed by atoms with Crippen LogP contribution < -0.4 is 4.74 Å². The summed E-state index contributed by atoms with van der Waals surface area (Å²) in [6.07, 6.45) is -4.87. The van der Waals surface area contributed by atoms with E-state index in [1.54, 1.807) is 0 Å². The lowest BCUT2D eigenvalue weighted by Crippen LogP contribution is -2.17. The van der Waals surface area contributed by atoms with E-state index in [1.807, 2.05) is 0 Å². The average molecular weight is 210 g/mol. The van der Waals surface area contributed by atoms with Gasteiger partial charge in [0, 0.05) is 13.1 Å². The molecular weight excluding hydrogens is 205 g/mol. The molecule has 1 aromatic rings. The highest BCUT2D eigenvalue weighted by atomic mass is 19.4. The molecule has 0 saturated heterocycles. The van der Waals surface area contributed by atoms with Crippen molar-refractivity contribution >= 4 is 5.97 Å². The maximum atomic E-state index is 11.7. The highest BCUT2D eigenvalue weighted by Gasteiger charge is 2.32. The van der Waals surface area contributed by atoms with Gasteiger partial charge in [0.25, 0.3) is 0 Å². The van der Waals surface area contributed by atoms with Gasteiger partial charge >= 0.3 is 12.3 Å². The van der Waals surface area contributed by atoms with E-state index < -0.39 is 18.2 Å². The molecule has 0 spiro atoms. The number of rotatable bonds is 2. The zero-order valence-electron chi connectivity index (χ0n) is 6.87. The first-order valence-electron chi connectivity index (χ1n) is 3.32. The zero-order chi connectivity index (χ0) is 10.9. The summed E-state index contributed by atoms with van der Waals surface area (Å²) in [4.78, 5) is 10.4. The Morgan fingerprint density at radius 2 is 2.21 bits per heavy atom. The first-order chi connectivity index (χ1) is 6.29. The van der Waals surface area contributed by atoms with Gasteiger partial charge in [-0.05, 0) is 0 Å². The second-order valence-electron chi connectivity index (χ2n) is 2.34. The summed E-state index contributed by atoms with van der Waals surface area (Å²) in [5, 5.41) is 11.7. The van der Waals surface area contributed by atoms with E-state index in [1.165, 1.54) is 7.05 Å². The molecule has 0 aromatic carbocycles. The van der Waals surface area contributed by atoms with E-state index >= 15 is 0 Å². The Labute approximate surface area is 75.7 Å². The summed E-state index contributed by atoms with van der Waals surface area (Å²) in [5.74, 6) is -2.17. The molecular formula is C6H5F3N2O3. The third-order valence-electron chi connectivity index (χ3n) is 1.30. The van der Waals surface area contributed by atoms with Crippen LogP contribution in [0.2, 0.25) is 0 Å². The molecule has 78 valence electrons. The Balaban J connectivity index is 2.92. The Morgan fingerprint density at radius 1 is 1.64 bits per heavy atom. The first-order valence-corrected chi connectivity index (χ1v) is 3.32. The van der Waals surface area contributed by atoms with Crippen molar-refractivity contribution < 1.29 is 27.8 Å². The fourth-order valence-corrected chi connectivity index (χ4v) is 0.810. The number of nitrogens with zero attached hydrogens (tertiary/aromatic N) is 2. The Hall–Kier alpha value is -1.73. The van der Waals surface area contributed by atoms with E-state index in [4.69, 9.17) is 5.11 Å². The molecule has 5 nitrogen and oxygen atoms in total. The van der Waals surface area contributed by atoms with Crippen LogP contribution in [-0.4, -0.2) is 27.2 Å². The molecule has 1 rings (SSSR count). The van der Waals surface area contributed by atoms with Crippen LogP contribution in [0, 0.1) is 0 Å². The van der Waals surface area contributed by atoms with Gasteiger partial charge in [0.1, 0.15) is 5.69 Å². The average Bonchev–Trinajstić information content (AvgIpc) is 2.26. The normalized spacial score (nSPS) is 11.4. The number of aromatic carboxylic acids is 1. The Kier molecular flexibility index (Phi) is 2.37. The van der Waals surface area contributed by atoms with Gasteiger partial charge in [-0.15, -0.1) is 18.3 Å². The first kappa shape index (κ1) is 10.4. The lowest BCUT2D eigenvalue weighted by Gasteiger charge is -2.03. The molecule has 0 saturated carbocycles. The highest BCUT2D eigenvalue weighted by molar-refractivity contribution is 5.85. The monoisotopic (exact) mass is 210 g/mol. The molecule has 1 aromatic heterocycles. The van der Waals surface area contributed by atoms with Crippen LogP contribution in [0.3, 0.4) is 0 Å². The predicted molar refractivity (Wildman–Crippen MR) is 36.9 cm³/mol. The van der Waals surface area contributed by atoms with Crippen molar-refractivity contribution in [2.24, 2.45) is 7.05 Å². The van der Waals surface area contributed by atoms with Gasteiger partial charge in [0.15, 0.2) is 0 Å². The third-order valence-corrected chi connectivity index (χ3v) is 1.30. The number of carbonyl (C=O) groups is 1. The van der Waals surface area contributed by atoms with Crippen LogP contribution in [0.15, 0.2) is 6.07 Å². The fraction of sp³-hybridized carbons (Fsp3) is 0.333. The van der Waals surface area contributed by atoms with E-state index in [2.05, 4.69) is 9.84 Å². The van der Waals surface area contributed by atoms with Gasteiger partial charge in [0.05, 0.1) is 0 Å². The number of carboxylic acids is 1. The molecule has 0 radical (unpaired) electrons. The summed E-state index contributed by atoms with van der Waals surface area (Å²) >= 11 is 0. The molecule has 14 heavy (non-hydrogen) atoms. The number of hydrogen-bond acceptors (Lipinski definition) is 3. The quantitative estimate of drug-likeness (QED) is 0.791. The Morgan fingerprint density at radius 3 is 2.57 bits per heavy atom. The van der Waals surface area contributed by atoms with Crippen molar-refractivity contribution in [2.45, 2.75) is 6.36 Å². The maximum Gasteiger partial charge on any atom is 0.574 e. The van der Waals surface area contributed by atoms with Crippen LogP contribution in [0.4, 0.5) is 13.2 Å². The maximum absolute atomic E-state index is 11.7. The van der Waals surface area contributed by atoms with E-state index in [-0.39, 0.29) is 5.69 Å². The molecule has 1 heterocycles. The SMILES string of the molecule is Cn1nc(OC(F)(F)F)cc1C(=O)O. The number of halogens is 3. The number of carboxylic acid groups (broad SMARTS) is 1. The van der Waals surface area contributed by atoms with Crippen LogP contribution in [0.1, 0.15) is 10.5 Å². The topological polar surface area (TPSA) is 64.4 Å². The molecule has 0 aliphatic heterocycles. The summed E-state index contributed by atoms with van der Waals surface area (Å²) in [6, 6.07) is 0.690. The van der Waals surface area contributed by atoms with Gasteiger partial charge in [-0.2, -0.15) is 0 Å². The molecule has 8 heteroatoms. The molecule has 0 aliphatic carbocycles. The van der Waals surface area contributed by atoms with Gasteiger partial charge in [-0.25, -0.2) is 4.79 Å². The minimum atomic E-state index is -4.87. The summed E-state index contributed by atoms with van der Waals surface area (Å²) in [7, 11) is 1.20. The second kappa shape index (κ2) is 3.20. The molecule has 0 bridgehead atoms. The number of aromatic nitrogens is 2. The smallest absolute Gasteiger partial charge is 0.477 e. The van der Waals surface area contributed by atoms with Gasteiger partial charge in [0.2, 0.25) is 5.88 Å². The molecule has 0 fully saturated rings. The standard InChI is InChI=1S/C6H5F3N2O3/c1-11-3(5(12)13)2-4(10-11)14-6(7,8)9/h2H,1H3,(H,12,13). The summed E-state index contributed by atoms with van der Waals surface area (Å²) in [6.45, 7) is 0. The van der Waals surface area contributed by atoms with Gasteiger partial charge in [-0.1, -0.05) is 0 Å². The van der Waals surface area contributed by atoms with E-state index in [9.17, 15) is 18.0 Å². The van der Waals surface area contributed by atoms with Crippen molar-refractivity contribution in [3.05, 3.63) is 11.8 Å². The minimum Gasteiger partial charge on any atom is -0.477 e. The van der Waals surface area contributed by atoms with Crippen LogP contribution in [0.25, 0.3) is 0 Å². The number of alkyl halides is 3. The van der Waals surface area contributed by atoms with E-state index in [0.717, 1.165) is 4.68 Å². The second-order valence-corrected chi connectivity index (χ2v) is 2.34. The molecule has 0 unspecified atom stereocenters. The number of ether oxygens (including phenoxy) is 1. The molecule has 1 N–H and O–H groups in total. The lowest BCUT2D eigenvalue weighted by atomic mass is 10.4. The highest BCUT2D eigenvalue weighted by Crippen LogP contribution is 2.21. The Bertz CT molecular complexity index is 358. The van der Waals surface area contributed by atoms with Crippen molar-refractivity contribution in [2.75, 3.05) is 0 Å². The molecule has 0 amide bonds. The minimum absolute atomic E-state index is 0.385. The number of hydrogen-bond donors (Lipinski definition) is 1. The summed E-state index contributed by atoms with van der Waals surface area (Å²) < 4.78 is 39.2. The van der Waals surface area contributed by atoms with E-state index in [0.29, 0.717) is 6.07 Å². The fourth-order valence-electron chi connectivity index (χ4n) is 0.810. The lowest BCUT2D eigenvalue weighted by molar-refractivity contribution is -0.276. The van der Waals surface area contributed by atoms with Crippen LogP contribution in [0.5, 0.6) is 5.88 Å². The third kappa shape index (κ3) is 2.38. The zero-order valence-corrected chi connectivity index (χ0v) is 6.87. The van der Waals surface area contributed by atoms with Crippen molar-refractivity contribution in [3.8, 4) is 5.88 Å². The van der Waals surface area contributed by atoms with Gasteiger partial charge < -0.3 is 9.84 Å². The van der Waals surface area contributed by atoms with Crippen molar-refractivity contribution in [3.63, 3.8) is 0 Å². The molecule has 0 atom stereocenters. The van der Waals surface area contributed by atoms with Crippen LogP contribution in [-0.2, 0) is 7.05 Å². The van der Waals surface area contributed by atoms with Crippen LogP contribution >= 0.6 is 0 Å². The molecule has 0 aliphatic rings. The number of aryl methyl sites for hydroxylation is 1. The largest absolute Gasteiger partial charge is 0.574 e. The van der Waals surface area contributed by atoms with Crippen molar-refractivity contribution in [1.29, 1.82) is 0 Å². The van der Waals surface area contributed by atoms with Gasteiger partial charge in [-0.3, -0.25) is 4.68 Å². The predicted octanol–water partition coefficient (Wildman–Crippen LogP) is 1.02.